The molecule has 0 bridgehead atoms. The molecule has 0 radical (unpaired) electrons. The van der Waals surface area contributed by atoms with Crippen LogP contribution in [0.2, 0.25) is 0 Å². The standard InChI is InChI=1S/C22H29FO4/c1-12-8-14-15-5-7-22(27,18(26)11-23)21(15,3)10-17(25)19(14)20(2)6-4-13(24)9-16(12)20/h4,6,9,12,14-15,17,19,25,27H,5,7-8,10-11H2,1-3H3/t12-,14-,15-,17+,19+,20-,21+,22-/m0/s1. The largest absolute Gasteiger partial charge is 0.393 e. The van der Waals surface area contributed by atoms with E-state index in [0.29, 0.717) is 6.42 Å². The first-order chi connectivity index (χ1) is 12.6. The first-order valence-corrected chi connectivity index (χ1v) is 10.0. The van der Waals surface area contributed by atoms with Crippen LogP contribution in [0.25, 0.3) is 0 Å². The molecule has 4 aliphatic carbocycles. The van der Waals surface area contributed by atoms with Gasteiger partial charge >= 0.3 is 0 Å². The normalized spacial score (nSPS) is 51.3. The monoisotopic (exact) mass is 376 g/mol. The van der Waals surface area contributed by atoms with Gasteiger partial charge in [-0.3, -0.25) is 9.59 Å². The summed E-state index contributed by atoms with van der Waals surface area (Å²) in [6.07, 6.45) is 6.55. The average Bonchev–Trinajstić information content (AvgIpc) is 2.87. The summed E-state index contributed by atoms with van der Waals surface area (Å²) in [6.45, 7) is 4.89. The van der Waals surface area contributed by atoms with E-state index in [4.69, 9.17) is 0 Å². The molecule has 27 heavy (non-hydrogen) atoms. The highest BCUT2D eigenvalue weighted by molar-refractivity contribution is 6.01. The van der Waals surface area contributed by atoms with Gasteiger partial charge in [-0.25, -0.2) is 4.39 Å². The molecule has 148 valence electrons. The molecule has 3 fully saturated rings. The second kappa shape index (κ2) is 5.84. The molecule has 4 rings (SSSR count). The Morgan fingerprint density at radius 3 is 2.74 bits per heavy atom. The molecule has 0 heterocycles. The van der Waals surface area contributed by atoms with Crippen molar-refractivity contribution < 1.29 is 24.2 Å². The Hall–Kier alpha value is -1.33. The SMILES string of the molecule is C[C@H]1C[C@@H]2[C@H]([C@H](O)C[C@]3(C)[C@H]2CC[C@]3(O)C(=O)CF)[C@@]2(C)C=CC(=O)C=C12. The second-order valence-corrected chi connectivity index (χ2v) is 9.70. The van der Waals surface area contributed by atoms with E-state index in [-0.39, 0.29) is 42.3 Å². The lowest BCUT2D eigenvalue weighted by molar-refractivity contribution is -0.179. The van der Waals surface area contributed by atoms with Crippen LogP contribution in [0.1, 0.15) is 46.5 Å². The third-order valence-corrected chi connectivity index (χ3v) is 8.55. The van der Waals surface area contributed by atoms with Crippen molar-refractivity contribution in [2.24, 2.45) is 34.5 Å². The van der Waals surface area contributed by atoms with Crippen LogP contribution in [0, 0.1) is 34.5 Å². The number of hydrogen-bond acceptors (Lipinski definition) is 4. The minimum atomic E-state index is -1.70. The fourth-order valence-electron chi connectivity index (χ4n) is 7.32. The molecule has 0 amide bonds. The number of halogens is 1. The van der Waals surface area contributed by atoms with Crippen LogP contribution in [0.5, 0.6) is 0 Å². The summed E-state index contributed by atoms with van der Waals surface area (Å²) in [5.41, 5.74) is -1.84. The van der Waals surface area contributed by atoms with Gasteiger partial charge in [-0.05, 0) is 55.6 Å². The number of rotatable bonds is 2. The summed E-state index contributed by atoms with van der Waals surface area (Å²) in [5.74, 6) is -0.465. The van der Waals surface area contributed by atoms with Crippen molar-refractivity contribution in [1.82, 2.24) is 0 Å². The molecule has 0 spiro atoms. The molecular formula is C22H29FO4. The van der Waals surface area contributed by atoms with Gasteiger partial charge in [0.15, 0.2) is 18.2 Å². The number of allylic oxidation sites excluding steroid dienone is 4. The summed E-state index contributed by atoms with van der Waals surface area (Å²) in [6, 6.07) is 0. The van der Waals surface area contributed by atoms with Crippen molar-refractivity contribution in [1.29, 1.82) is 0 Å². The van der Waals surface area contributed by atoms with Crippen LogP contribution in [-0.2, 0) is 9.59 Å². The van der Waals surface area contributed by atoms with Gasteiger partial charge in [-0.2, -0.15) is 0 Å². The van der Waals surface area contributed by atoms with E-state index in [1.54, 1.807) is 12.2 Å². The van der Waals surface area contributed by atoms with Gasteiger partial charge in [-0.15, -0.1) is 0 Å². The first kappa shape index (κ1) is 19.0. The number of alkyl halides is 1. The fraction of sp³-hybridized carbons (Fsp3) is 0.727. The number of carbonyl (C=O) groups is 2. The Labute approximate surface area is 159 Å². The van der Waals surface area contributed by atoms with E-state index in [0.717, 1.165) is 12.0 Å². The molecule has 0 aromatic carbocycles. The van der Waals surface area contributed by atoms with E-state index in [1.807, 2.05) is 13.0 Å². The van der Waals surface area contributed by atoms with Crippen molar-refractivity contribution >= 4 is 11.6 Å². The molecular weight excluding hydrogens is 347 g/mol. The van der Waals surface area contributed by atoms with Gasteiger partial charge in [-0.1, -0.05) is 32.4 Å². The zero-order chi connectivity index (χ0) is 19.8. The molecule has 3 saturated carbocycles. The topological polar surface area (TPSA) is 74.6 Å². The highest BCUT2D eigenvalue weighted by atomic mass is 19.1. The van der Waals surface area contributed by atoms with E-state index < -0.39 is 35.0 Å². The van der Waals surface area contributed by atoms with Crippen LogP contribution in [0.3, 0.4) is 0 Å². The minimum Gasteiger partial charge on any atom is -0.393 e. The third-order valence-electron chi connectivity index (χ3n) is 8.55. The molecule has 0 aliphatic heterocycles. The lowest BCUT2D eigenvalue weighted by atomic mass is 9.45. The Morgan fingerprint density at radius 2 is 2.07 bits per heavy atom. The van der Waals surface area contributed by atoms with Crippen molar-refractivity contribution in [2.75, 3.05) is 6.67 Å². The van der Waals surface area contributed by atoms with Crippen molar-refractivity contribution in [3.8, 4) is 0 Å². The summed E-state index contributed by atoms with van der Waals surface area (Å²) < 4.78 is 13.2. The Bertz CT molecular complexity index is 757. The number of Topliss-reactive ketones (excluding diaryl/α,β-unsaturated/α-hetero) is 1. The Balaban J connectivity index is 1.78. The Morgan fingerprint density at radius 1 is 1.37 bits per heavy atom. The maximum atomic E-state index is 13.2. The van der Waals surface area contributed by atoms with Gasteiger partial charge in [0.05, 0.1) is 6.10 Å². The number of fused-ring (bicyclic) bond motifs is 5. The maximum absolute atomic E-state index is 13.2. The van der Waals surface area contributed by atoms with Crippen LogP contribution in [0.4, 0.5) is 4.39 Å². The van der Waals surface area contributed by atoms with E-state index >= 15 is 0 Å². The Kier molecular flexibility index (Phi) is 4.11. The molecule has 4 aliphatic rings. The molecule has 0 saturated heterocycles. The van der Waals surface area contributed by atoms with Crippen molar-refractivity contribution in [3.05, 3.63) is 23.8 Å². The quantitative estimate of drug-likeness (QED) is 0.777. The number of aliphatic hydroxyl groups is 2. The van der Waals surface area contributed by atoms with E-state index in [9.17, 15) is 24.2 Å². The lowest BCUT2D eigenvalue weighted by Crippen LogP contribution is -2.62. The number of hydrogen-bond donors (Lipinski definition) is 2. The minimum absolute atomic E-state index is 0.00769. The van der Waals surface area contributed by atoms with Crippen molar-refractivity contribution in [3.63, 3.8) is 0 Å². The molecule has 2 N–H and O–H groups in total. The fourth-order valence-corrected chi connectivity index (χ4v) is 7.32. The van der Waals surface area contributed by atoms with Gasteiger partial charge < -0.3 is 10.2 Å². The summed E-state index contributed by atoms with van der Waals surface area (Å²) in [7, 11) is 0. The summed E-state index contributed by atoms with van der Waals surface area (Å²) in [5, 5.41) is 22.3. The highest BCUT2D eigenvalue weighted by Crippen LogP contribution is 2.67. The second-order valence-electron chi connectivity index (χ2n) is 9.70. The number of carbonyl (C=O) groups excluding carboxylic acids is 2. The van der Waals surface area contributed by atoms with E-state index in [2.05, 4.69) is 13.8 Å². The van der Waals surface area contributed by atoms with Gasteiger partial charge in [0.1, 0.15) is 5.60 Å². The summed E-state index contributed by atoms with van der Waals surface area (Å²) >= 11 is 0. The van der Waals surface area contributed by atoms with Crippen LogP contribution in [-0.4, -0.2) is 40.2 Å². The molecule has 8 atom stereocenters. The molecule has 0 unspecified atom stereocenters. The molecule has 4 nitrogen and oxygen atoms in total. The average molecular weight is 376 g/mol. The van der Waals surface area contributed by atoms with Crippen molar-refractivity contribution in [2.45, 2.75) is 58.2 Å². The third kappa shape index (κ3) is 2.27. The van der Waals surface area contributed by atoms with Crippen LogP contribution in [0.15, 0.2) is 23.8 Å². The van der Waals surface area contributed by atoms with Crippen LogP contribution < -0.4 is 0 Å². The lowest BCUT2D eigenvalue weighted by Gasteiger charge is -2.60. The van der Waals surface area contributed by atoms with Gasteiger partial charge in [0, 0.05) is 16.7 Å². The number of aliphatic hydroxyl groups excluding tert-OH is 1. The number of ketones is 2. The smallest absolute Gasteiger partial charge is 0.195 e. The predicted molar refractivity (Wildman–Crippen MR) is 98.5 cm³/mol. The zero-order valence-corrected chi connectivity index (χ0v) is 16.2. The summed E-state index contributed by atoms with van der Waals surface area (Å²) in [4.78, 5) is 24.2. The molecule has 5 heteroatoms. The van der Waals surface area contributed by atoms with Gasteiger partial charge in [0.2, 0.25) is 0 Å². The highest BCUT2D eigenvalue weighted by Gasteiger charge is 2.68. The van der Waals surface area contributed by atoms with Crippen LogP contribution >= 0.6 is 0 Å². The maximum Gasteiger partial charge on any atom is 0.195 e. The zero-order valence-electron chi connectivity index (χ0n) is 16.2. The van der Waals surface area contributed by atoms with E-state index in [1.165, 1.54) is 0 Å². The molecule has 0 aromatic heterocycles. The predicted octanol–water partition coefficient (Wildman–Crippen LogP) is 2.78. The first-order valence-electron chi connectivity index (χ1n) is 10.0. The van der Waals surface area contributed by atoms with Gasteiger partial charge in [0.25, 0.3) is 0 Å². The molecule has 0 aromatic rings.